The lowest BCUT2D eigenvalue weighted by molar-refractivity contribution is 0.475. The fourth-order valence-corrected chi connectivity index (χ4v) is 1.41. The van der Waals surface area contributed by atoms with Gasteiger partial charge in [0.05, 0.1) is 5.69 Å². The van der Waals surface area contributed by atoms with Crippen molar-refractivity contribution in [1.29, 1.82) is 0 Å². The Morgan fingerprint density at radius 3 is 2.53 bits per heavy atom. The zero-order chi connectivity index (χ0) is 10.8. The molecular weight excluding hydrogens is 192 g/mol. The first-order valence-corrected chi connectivity index (χ1v) is 4.52. The number of rotatable bonds is 1. The van der Waals surface area contributed by atoms with Crippen molar-refractivity contribution in [2.75, 3.05) is 0 Å². The number of phenolic OH excluding ortho intramolecular Hbond substituents is 1. The topological polar surface area (TPSA) is 66.0 Å². The highest BCUT2D eigenvalue weighted by molar-refractivity contribution is 5.62. The second-order valence-corrected chi connectivity index (χ2v) is 3.31. The van der Waals surface area contributed by atoms with E-state index in [1.807, 2.05) is 6.92 Å². The first-order chi connectivity index (χ1) is 7.16. The molecule has 0 amide bonds. The van der Waals surface area contributed by atoms with E-state index in [0.29, 0.717) is 0 Å². The molecule has 4 nitrogen and oxygen atoms in total. The third-order valence-corrected chi connectivity index (χ3v) is 2.14. The fourth-order valence-electron chi connectivity index (χ4n) is 1.41. The molecule has 0 aliphatic heterocycles. The Labute approximate surface area is 86.2 Å². The van der Waals surface area contributed by atoms with Gasteiger partial charge in [-0.25, -0.2) is 5.10 Å². The molecule has 0 atom stereocenters. The van der Waals surface area contributed by atoms with Gasteiger partial charge >= 0.3 is 0 Å². The van der Waals surface area contributed by atoms with Gasteiger partial charge in [-0.2, -0.15) is 5.10 Å². The molecule has 0 radical (unpaired) electrons. The van der Waals surface area contributed by atoms with E-state index in [9.17, 15) is 4.79 Å². The number of phenols is 1. The summed E-state index contributed by atoms with van der Waals surface area (Å²) in [4.78, 5) is 11.0. The lowest BCUT2D eigenvalue weighted by Gasteiger charge is -2.03. The molecule has 2 aromatic rings. The zero-order valence-electron chi connectivity index (χ0n) is 8.19. The molecule has 76 valence electrons. The minimum absolute atomic E-state index is 0.209. The zero-order valence-corrected chi connectivity index (χ0v) is 8.19. The molecule has 0 spiro atoms. The predicted octanol–water partition coefficient (Wildman–Crippen LogP) is 1.45. The SMILES string of the molecule is Cc1cc(=O)[nH]nc1-c1ccc(O)cc1. The van der Waals surface area contributed by atoms with E-state index in [0.717, 1.165) is 16.8 Å². The van der Waals surface area contributed by atoms with Crippen LogP contribution >= 0.6 is 0 Å². The highest BCUT2D eigenvalue weighted by Gasteiger charge is 2.03. The molecule has 4 heteroatoms. The third-order valence-electron chi connectivity index (χ3n) is 2.14. The number of hydrogen-bond acceptors (Lipinski definition) is 3. The summed E-state index contributed by atoms with van der Waals surface area (Å²) in [7, 11) is 0. The van der Waals surface area contributed by atoms with E-state index in [1.54, 1.807) is 24.3 Å². The fraction of sp³-hybridized carbons (Fsp3) is 0.0909. The molecule has 1 aromatic carbocycles. The number of nitrogens with one attached hydrogen (secondary N) is 1. The molecule has 2 rings (SSSR count). The summed E-state index contributed by atoms with van der Waals surface area (Å²) >= 11 is 0. The molecule has 0 bridgehead atoms. The monoisotopic (exact) mass is 202 g/mol. The predicted molar refractivity (Wildman–Crippen MR) is 56.7 cm³/mol. The van der Waals surface area contributed by atoms with Gasteiger partial charge < -0.3 is 5.11 Å². The van der Waals surface area contributed by atoms with Crippen LogP contribution in [0.25, 0.3) is 11.3 Å². The average Bonchev–Trinajstić information content (AvgIpc) is 2.20. The van der Waals surface area contributed by atoms with E-state index in [-0.39, 0.29) is 11.3 Å². The average molecular weight is 202 g/mol. The Morgan fingerprint density at radius 1 is 1.27 bits per heavy atom. The largest absolute Gasteiger partial charge is 0.508 e. The van der Waals surface area contributed by atoms with Gasteiger partial charge in [-0.1, -0.05) is 0 Å². The Kier molecular flexibility index (Phi) is 2.25. The number of nitrogens with zero attached hydrogens (tertiary/aromatic N) is 1. The van der Waals surface area contributed by atoms with Crippen molar-refractivity contribution in [3.63, 3.8) is 0 Å². The maximum Gasteiger partial charge on any atom is 0.264 e. The van der Waals surface area contributed by atoms with Gasteiger partial charge in [-0.15, -0.1) is 0 Å². The van der Waals surface area contributed by atoms with Crippen LogP contribution in [-0.2, 0) is 0 Å². The first kappa shape index (κ1) is 9.45. The minimum atomic E-state index is -0.213. The summed E-state index contributed by atoms with van der Waals surface area (Å²) < 4.78 is 0. The van der Waals surface area contributed by atoms with Crippen molar-refractivity contribution in [1.82, 2.24) is 10.2 Å². The summed E-state index contributed by atoms with van der Waals surface area (Å²) in [6.45, 7) is 1.82. The lowest BCUT2D eigenvalue weighted by atomic mass is 10.1. The van der Waals surface area contributed by atoms with Crippen molar-refractivity contribution >= 4 is 0 Å². The highest BCUT2D eigenvalue weighted by atomic mass is 16.3. The van der Waals surface area contributed by atoms with Crippen LogP contribution in [0.5, 0.6) is 5.75 Å². The lowest BCUT2D eigenvalue weighted by Crippen LogP contribution is -2.08. The maximum absolute atomic E-state index is 11.0. The number of benzene rings is 1. The summed E-state index contributed by atoms with van der Waals surface area (Å²) in [5.74, 6) is 0.209. The van der Waals surface area contributed by atoms with Crippen LogP contribution in [0.2, 0.25) is 0 Å². The van der Waals surface area contributed by atoms with Crippen molar-refractivity contribution in [3.8, 4) is 17.0 Å². The third kappa shape index (κ3) is 1.88. The first-order valence-electron chi connectivity index (χ1n) is 4.52. The number of aromatic hydroxyl groups is 1. The van der Waals surface area contributed by atoms with Gasteiger partial charge in [0.25, 0.3) is 5.56 Å². The summed E-state index contributed by atoms with van der Waals surface area (Å²) in [6.07, 6.45) is 0. The smallest absolute Gasteiger partial charge is 0.264 e. The van der Waals surface area contributed by atoms with Gasteiger partial charge in [0.1, 0.15) is 5.75 Å². The van der Waals surface area contributed by atoms with Gasteiger partial charge in [-0.05, 0) is 36.8 Å². The normalized spacial score (nSPS) is 10.2. The van der Waals surface area contributed by atoms with Crippen LogP contribution < -0.4 is 5.56 Å². The van der Waals surface area contributed by atoms with Gasteiger partial charge in [0.2, 0.25) is 0 Å². The van der Waals surface area contributed by atoms with E-state index in [1.165, 1.54) is 6.07 Å². The van der Waals surface area contributed by atoms with Gasteiger partial charge in [-0.3, -0.25) is 4.79 Å². The van der Waals surface area contributed by atoms with Crippen molar-refractivity contribution in [2.45, 2.75) is 6.92 Å². The van der Waals surface area contributed by atoms with Crippen LogP contribution in [0.4, 0.5) is 0 Å². The molecule has 1 aromatic heterocycles. The quantitative estimate of drug-likeness (QED) is 0.735. The van der Waals surface area contributed by atoms with E-state index >= 15 is 0 Å². The number of aryl methyl sites for hydroxylation is 1. The second-order valence-electron chi connectivity index (χ2n) is 3.31. The standard InChI is InChI=1S/C11H10N2O2/c1-7-6-10(15)12-13-11(7)8-2-4-9(14)5-3-8/h2-6,14H,1H3,(H,12,15). The molecule has 0 unspecified atom stereocenters. The van der Waals surface area contributed by atoms with Crippen LogP contribution in [0.1, 0.15) is 5.56 Å². The van der Waals surface area contributed by atoms with Crippen LogP contribution in [0.3, 0.4) is 0 Å². The summed E-state index contributed by atoms with van der Waals surface area (Å²) in [6, 6.07) is 8.17. The molecule has 2 N–H and O–H groups in total. The maximum atomic E-state index is 11.0. The number of hydrogen-bond donors (Lipinski definition) is 2. The van der Waals surface area contributed by atoms with E-state index < -0.39 is 0 Å². The molecule has 0 aliphatic rings. The molecule has 15 heavy (non-hydrogen) atoms. The molecule has 0 saturated heterocycles. The Balaban J connectivity index is 2.54. The van der Waals surface area contributed by atoms with Crippen molar-refractivity contribution < 1.29 is 5.11 Å². The molecule has 0 aliphatic carbocycles. The highest BCUT2D eigenvalue weighted by Crippen LogP contribution is 2.21. The van der Waals surface area contributed by atoms with Crippen molar-refractivity contribution in [3.05, 3.63) is 46.2 Å². The number of H-pyrrole nitrogens is 1. The Hall–Kier alpha value is -2.10. The molecular formula is C11H10N2O2. The van der Waals surface area contributed by atoms with Crippen LogP contribution in [-0.4, -0.2) is 15.3 Å². The molecule has 0 saturated carbocycles. The van der Waals surface area contributed by atoms with Gasteiger partial charge in [0, 0.05) is 11.6 Å². The second kappa shape index (κ2) is 3.57. The van der Waals surface area contributed by atoms with E-state index in [4.69, 9.17) is 5.11 Å². The minimum Gasteiger partial charge on any atom is -0.508 e. The van der Waals surface area contributed by atoms with Crippen LogP contribution in [0.15, 0.2) is 35.1 Å². The summed E-state index contributed by atoms with van der Waals surface area (Å²) in [5.41, 5.74) is 2.18. The Morgan fingerprint density at radius 2 is 1.93 bits per heavy atom. The number of aromatic nitrogens is 2. The summed E-state index contributed by atoms with van der Waals surface area (Å²) in [5, 5.41) is 15.5. The van der Waals surface area contributed by atoms with Gasteiger partial charge in [0.15, 0.2) is 0 Å². The van der Waals surface area contributed by atoms with Crippen molar-refractivity contribution in [2.24, 2.45) is 0 Å². The van der Waals surface area contributed by atoms with E-state index in [2.05, 4.69) is 10.2 Å². The molecule has 0 fully saturated rings. The Bertz CT molecular complexity index is 529. The molecule has 1 heterocycles. The van der Waals surface area contributed by atoms with Crippen LogP contribution in [0, 0.1) is 6.92 Å². The number of aromatic amines is 1.